The maximum Gasteiger partial charge on any atom is 0.0122 e. The van der Waals surface area contributed by atoms with Crippen molar-refractivity contribution in [1.29, 1.82) is 0 Å². The van der Waals surface area contributed by atoms with Crippen LogP contribution in [0.15, 0.2) is 0 Å². The third kappa shape index (κ3) is 1.59. The monoisotopic (exact) mass is 194 g/mol. The summed E-state index contributed by atoms with van der Waals surface area (Å²) in [4.78, 5) is 2.86. The van der Waals surface area contributed by atoms with Crippen molar-refractivity contribution in [3.63, 3.8) is 0 Å². The van der Waals surface area contributed by atoms with Gasteiger partial charge < -0.3 is 5.32 Å². The molecule has 0 aromatic heterocycles. The molecule has 4 fully saturated rings. The summed E-state index contributed by atoms with van der Waals surface area (Å²) in [6.07, 6.45) is 8.81. The second-order valence-corrected chi connectivity index (χ2v) is 5.35. The molecule has 3 heterocycles. The summed E-state index contributed by atoms with van der Waals surface area (Å²) < 4.78 is 0. The normalized spacial score (nSPS) is 40.3. The van der Waals surface area contributed by atoms with Gasteiger partial charge in [0.2, 0.25) is 0 Å². The van der Waals surface area contributed by atoms with Crippen molar-refractivity contribution in [2.24, 2.45) is 5.92 Å². The third-order valence-electron chi connectivity index (χ3n) is 4.53. The van der Waals surface area contributed by atoms with Gasteiger partial charge in [-0.25, -0.2) is 0 Å². The van der Waals surface area contributed by atoms with Crippen LogP contribution in [0.25, 0.3) is 0 Å². The minimum atomic E-state index is 0.921. The quantitative estimate of drug-likeness (QED) is 0.682. The van der Waals surface area contributed by atoms with E-state index in [1.807, 2.05) is 0 Å². The average Bonchev–Trinajstić information content (AvgIpc) is 2.32. The maximum atomic E-state index is 3.47. The Bertz CT molecular complexity index is 190. The molecule has 2 nitrogen and oxygen atoms in total. The largest absolute Gasteiger partial charge is 0.317 e. The van der Waals surface area contributed by atoms with Crippen molar-refractivity contribution >= 4 is 0 Å². The van der Waals surface area contributed by atoms with Crippen LogP contribution in [0.5, 0.6) is 0 Å². The molecule has 0 unspecified atom stereocenters. The lowest BCUT2D eigenvalue weighted by atomic mass is 9.78. The Morgan fingerprint density at radius 1 is 0.786 bits per heavy atom. The number of hydrogen-bond acceptors (Lipinski definition) is 2. The smallest absolute Gasteiger partial charge is 0.0122 e. The third-order valence-corrected chi connectivity index (χ3v) is 4.53. The zero-order chi connectivity index (χ0) is 9.38. The van der Waals surface area contributed by atoms with E-state index in [-0.39, 0.29) is 0 Å². The van der Waals surface area contributed by atoms with Crippen LogP contribution in [0.2, 0.25) is 0 Å². The van der Waals surface area contributed by atoms with Gasteiger partial charge in [-0.3, -0.25) is 4.90 Å². The Kier molecular flexibility index (Phi) is 2.50. The van der Waals surface area contributed by atoms with Crippen LogP contribution < -0.4 is 5.32 Å². The molecule has 0 aromatic carbocycles. The fraction of sp³-hybridized carbons (Fsp3) is 1.00. The molecule has 3 aliphatic heterocycles. The summed E-state index contributed by atoms with van der Waals surface area (Å²) in [6, 6.07) is 1.88. The number of piperidine rings is 3. The first kappa shape index (κ1) is 9.17. The van der Waals surface area contributed by atoms with Gasteiger partial charge >= 0.3 is 0 Å². The Morgan fingerprint density at radius 3 is 2.00 bits per heavy atom. The van der Waals surface area contributed by atoms with E-state index < -0.39 is 0 Å². The van der Waals surface area contributed by atoms with Gasteiger partial charge in [-0.05, 0) is 57.5 Å². The summed E-state index contributed by atoms with van der Waals surface area (Å²) >= 11 is 0. The van der Waals surface area contributed by atoms with Gasteiger partial charge in [0.1, 0.15) is 0 Å². The van der Waals surface area contributed by atoms with Crippen LogP contribution in [0.4, 0.5) is 0 Å². The summed E-state index contributed by atoms with van der Waals surface area (Å²) in [5.74, 6) is 1.05. The molecule has 0 spiro atoms. The highest BCUT2D eigenvalue weighted by Crippen LogP contribution is 2.37. The highest BCUT2D eigenvalue weighted by molar-refractivity contribution is 4.92. The predicted molar refractivity (Wildman–Crippen MR) is 58.3 cm³/mol. The van der Waals surface area contributed by atoms with Gasteiger partial charge in [0, 0.05) is 18.6 Å². The van der Waals surface area contributed by atoms with E-state index in [1.165, 1.54) is 58.2 Å². The second-order valence-electron chi connectivity index (χ2n) is 5.35. The van der Waals surface area contributed by atoms with Crippen LogP contribution in [-0.4, -0.2) is 36.6 Å². The van der Waals surface area contributed by atoms with Crippen molar-refractivity contribution < 1.29 is 0 Å². The van der Waals surface area contributed by atoms with Crippen molar-refractivity contribution in [1.82, 2.24) is 10.2 Å². The molecule has 3 saturated heterocycles. The first-order valence-corrected chi connectivity index (χ1v) is 6.40. The standard InChI is InChI=1S/C12H22N2/c1-3-11-4-2-10(1)9-14(11)12-5-7-13-8-6-12/h10-13H,1-9H2. The molecule has 0 aromatic rings. The molecule has 2 heteroatoms. The van der Waals surface area contributed by atoms with Crippen LogP contribution in [0.1, 0.15) is 38.5 Å². The van der Waals surface area contributed by atoms with Crippen LogP contribution in [-0.2, 0) is 0 Å². The van der Waals surface area contributed by atoms with E-state index in [2.05, 4.69) is 10.2 Å². The van der Waals surface area contributed by atoms with E-state index in [1.54, 1.807) is 0 Å². The molecule has 2 bridgehead atoms. The van der Waals surface area contributed by atoms with E-state index in [9.17, 15) is 0 Å². The van der Waals surface area contributed by atoms with Crippen LogP contribution in [0, 0.1) is 5.92 Å². The Morgan fingerprint density at radius 2 is 1.43 bits per heavy atom. The summed E-state index contributed by atoms with van der Waals surface area (Å²) in [6.45, 7) is 3.92. The summed E-state index contributed by atoms with van der Waals surface area (Å²) in [5.41, 5.74) is 0. The lowest BCUT2D eigenvalue weighted by Crippen LogP contribution is -2.55. The molecule has 0 radical (unpaired) electrons. The first-order valence-electron chi connectivity index (χ1n) is 6.40. The fourth-order valence-electron chi connectivity index (χ4n) is 3.69. The summed E-state index contributed by atoms with van der Waals surface area (Å²) in [5, 5.41) is 3.47. The lowest BCUT2D eigenvalue weighted by molar-refractivity contribution is 0.00394. The number of rotatable bonds is 1. The predicted octanol–water partition coefficient (Wildman–Crippen LogP) is 1.61. The van der Waals surface area contributed by atoms with Crippen molar-refractivity contribution in [2.45, 2.75) is 50.6 Å². The topological polar surface area (TPSA) is 15.3 Å². The second kappa shape index (κ2) is 3.82. The highest BCUT2D eigenvalue weighted by atomic mass is 15.2. The van der Waals surface area contributed by atoms with Gasteiger partial charge in [-0.15, -0.1) is 0 Å². The molecular formula is C12H22N2. The molecule has 80 valence electrons. The molecule has 1 N–H and O–H groups in total. The van der Waals surface area contributed by atoms with Crippen molar-refractivity contribution in [3.8, 4) is 0 Å². The van der Waals surface area contributed by atoms with E-state index >= 15 is 0 Å². The van der Waals surface area contributed by atoms with Gasteiger partial charge in [0.15, 0.2) is 0 Å². The Labute approximate surface area is 87.0 Å². The zero-order valence-electron chi connectivity index (χ0n) is 9.04. The van der Waals surface area contributed by atoms with Gasteiger partial charge in [-0.1, -0.05) is 0 Å². The minimum Gasteiger partial charge on any atom is -0.317 e. The molecule has 14 heavy (non-hydrogen) atoms. The highest BCUT2D eigenvalue weighted by Gasteiger charge is 2.37. The molecule has 1 aliphatic carbocycles. The van der Waals surface area contributed by atoms with Crippen LogP contribution in [0.3, 0.4) is 0 Å². The lowest BCUT2D eigenvalue weighted by Gasteiger charge is -2.50. The fourth-order valence-corrected chi connectivity index (χ4v) is 3.69. The number of hydrogen-bond donors (Lipinski definition) is 1. The van der Waals surface area contributed by atoms with Crippen molar-refractivity contribution in [2.75, 3.05) is 19.6 Å². The summed E-state index contributed by atoms with van der Waals surface area (Å²) in [7, 11) is 0. The molecule has 0 atom stereocenters. The van der Waals surface area contributed by atoms with Gasteiger partial charge in [0.25, 0.3) is 0 Å². The molecule has 0 amide bonds. The van der Waals surface area contributed by atoms with E-state index in [4.69, 9.17) is 0 Å². The Hall–Kier alpha value is -0.0800. The first-order chi connectivity index (χ1) is 6.93. The minimum absolute atomic E-state index is 0.921. The molecule has 1 saturated carbocycles. The SMILES string of the molecule is C1CC(N2CC3CCC2CC3)CCN1. The molecule has 4 rings (SSSR count). The van der Waals surface area contributed by atoms with Crippen molar-refractivity contribution in [3.05, 3.63) is 0 Å². The Balaban J connectivity index is 1.66. The van der Waals surface area contributed by atoms with E-state index in [0.717, 1.165) is 18.0 Å². The number of nitrogens with one attached hydrogen (secondary N) is 1. The average molecular weight is 194 g/mol. The maximum absolute atomic E-state index is 3.47. The number of nitrogens with zero attached hydrogens (tertiary/aromatic N) is 1. The van der Waals surface area contributed by atoms with Gasteiger partial charge in [-0.2, -0.15) is 0 Å². The molecule has 4 aliphatic rings. The van der Waals surface area contributed by atoms with Gasteiger partial charge in [0.05, 0.1) is 0 Å². The van der Waals surface area contributed by atoms with E-state index in [0.29, 0.717) is 0 Å². The van der Waals surface area contributed by atoms with Crippen LogP contribution >= 0.6 is 0 Å². The number of fused-ring (bicyclic) bond motifs is 3. The zero-order valence-corrected chi connectivity index (χ0v) is 9.04. The molecular weight excluding hydrogens is 172 g/mol.